The lowest BCUT2D eigenvalue weighted by molar-refractivity contribution is 0.567. The molecule has 9 heavy (non-hydrogen) atoms. The molecule has 0 fully saturated rings. The fourth-order valence-corrected chi connectivity index (χ4v) is 0.266. The second-order valence-corrected chi connectivity index (χ2v) is 1.43. The number of hydrogen-bond acceptors (Lipinski definition) is 2. The van der Waals surface area contributed by atoms with E-state index in [1.165, 1.54) is 18.2 Å². The van der Waals surface area contributed by atoms with Crippen LogP contribution in [0.2, 0.25) is 0 Å². The normalized spacial score (nSPS) is 8.11. The average molecular weight is 122 g/mol. The Hall–Kier alpha value is -1.36. The van der Waals surface area contributed by atoms with Crippen LogP contribution in [0.3, 0.4) is 0 Å². The quantitative estimate of drug-likeness (QED) is 0.399. The molecule has 0 aliphatic heterocycles. The summed E-state index contributed by atoms with van der Waals surface area (Å²) >= 11 is 0. The van der Waals surface area contributed by atoms with Gasteiger partial charge in [0.15, 0.2) is 0 Å². The summed E-state index contributed by atoms with van der Waals surface area (Å²) in [6, 6.07) is 0. The van der Waals surface area contributed by atoms with E-state index >= 15 is 0 Å². The summed E-state index contributed by atoms with van der Waals surface area (Å²) in [5.74, 6) is 3.20. The van der Waals surface area contributed by atoms with Crippen LogP contribution in [-0.2, 0) is 9.59 Å². The zero-order chi connectivity index (χ0) is 7.11. The third kappa shape index (κ3) is 4.49. The molecule has 0 aliphatic rings. The van der Waals surface area contributed by atoms with Gasteiger partial charge in [-0.1, -0.05) is 6.08 Å². The summed E-state index contributed by atoms with van der Waals surface area (Å²) in [4.78, 5) is 19.3. The van der Waals surface area contributed by atoms with E-state index in [1.54, 1.807) is 18.8 Å². The van der Waals surface area contributed by atoms with Crippen molar-refractivity contribution in [2.75, 3.05) is 0 Å². The molecule has 2 nitrogen and oxygen atoms in total. The van der Waals surface area contributed by atoms with Gasteiger partial charge in [0.05, 0.1) is 0 Å². The van der Waals surface area contributed by atoms with Crippen LogP contribution in [0.4, 0.5) is 0 Å². The lowest BCUT2D eigenvalue weighted by Crippen LogP contribution is -1.64. The maximum Gasteiger partial charge on any atom is 0.127 e. The molecule has 0 aliphatic carbocycles. The van der Waals surface area contributed by atoms with Crippen molar-refractivity contribution in [2.45, 2.75) is 6.92 Å². The molecule has 0 saturated carbocycles. The van der Waals surface area contributed by atoms with Gasteiger partial charge >= 0.3 is 0 Å². The smallest absolute Gasteiger partial charge is 0.127 e. The van der Waals surface area contributed by atoms with Crippen molar-refractivity contribution >= 4 is 11.9 Å². The second-order valence-electron chi connectivity index (χ2n) is 1.43. The molecule has 0 heterocycles. The minimum absolute atomic E-state index is 0.460. The summed E-state index contributed by atoms with van der Waals surface area (Å²) in [6.45, 7) is 1.60. The van der Waals surface area contributed by atoms with Crippen LogP contribution in [0.15, 0.2) is 23.8 Å². The van der Waals surface area contributed by atoms with E-state index < -0.39 is 0 Å². The van der Waals surface area contributed by atoms with Crippen molar-refractivity contribution in [3.05, 3.63) is 23.8 Å². The van der Waals surface area contributed by atoms with Crippen molar-refractivity contribution in [1.82, 2.24) is 0 Å². The lowest BCUT2D eigenvalue weighted by Gasteiger charge is -1.73. The standard InChI is InChI=1S/C7H6O2/c1-7(6-9)4-2-3-5-8/h2-4H,1H3. The predicted octanol–water partition coefficient (Wildman–Crippen LogP) is 0.708. The van der Waals surface area contributed by atoms with Crippen molar-refractivity contribution in [3.8, 4) is 0 Å². The van der Waals surface area contributed by atoms with Crippen molar-refractivity contribution in [2.24, 2.45) is 0 Å². The first-order chi connectivity index (χ1) is 4.31. The maximum absolute atomic E-state index is 9.77. The Kier molecular flexibility index (Phi) is 4.07. The molecular formula is C7H6O2. The Morgan fingerprint density at radius 2 is 2.11 bits per heavy atom. The lowest BCUT2D eigenvalue weighted by atomic mass is 10.3. The molecule has 0 N–H and O–H groups in total. The molecule has 0 spiro atoms. The fraction of sp³-hybridized carbons (Fsp3) is 0.143. The summed E-state index contributed by atoms with van der Waals surface area (Å²) in [5, 5.41) is 0. The zero-order valence-corrected chi connectivity index (χ0v) is 5.05. The monoisotopic (exact) mass is 122 g/mol. The molecule has 0 unspecified atom stereocenters. The average Bonchev–Trinajstić information content (AvgIpc) is 1.89. The Balaban J connectivity index is 4.00. The highest BCUT2D eigenvalue weighted by Crippen LogP contribution is 1.85. The summed E-state index contributed by atoms with van der Waals surface area (Å²) < 4.78 is 0. The van der Waals surface area contributed by atoms with Gasteiger partial charge in [0.1, 0.15) is 11.9 Å². The van der Waals surface area contributed by atoms with Gasteiger partial charge in [-0.05, 0) is 13.0 Å². The van der Waals surface area contributed by atoms with Gasteiger partial charge in [0.25, 0.3) is 0 Å². The van der Waals surface area contributed by atoms with Crippen LogP contribution in [0.5, 0.6) is 0 Å². The molecule has 2 heteroatoms. The Bertz CT molecular complexity index is 201. The Morgan fingerprint density at radius 1 is 1.44 bits per heavy atom. The molecule has 0 amide bonds. The second kappa shape index (κ2) is 4.79. The summed E-state index contributed by atoms with van der Waals surface area (Å²) in [5.41, 5.74) is 0.460. The number of carbonyl (C=O) groups excluding carboxylic acids is 2. The first kappa shape index (κ1) is 7.64. The van der Waals surface area contributed by atoms with Crippen molar-refractivity contribution in [1.29, 1.82) is 0 Å². The summed E-state index contributed by atoms with van der Waals surface area (Å²) in [7, 11) is 0. The van der Waals surface area contributed by atoms with E-state index in [-0.39, 0.29) is 0 Å². The topological polar surface area (TPSA) is 34.1 Å². The third-order valence-electron chi connectivity index (χ3n) is 0.671. The van der Waals surface area contributed by atoms with Gasteiger partial charge < -0.3 is 0 Å². The maximum atomic E-state index is 9.77. The van der Waals surface area contributed by atoms with Gasteiger partial charge in [0, 0.05) is 11.6 Å². The van der Waals surface area contributed by atoms with Gasteiger partial charge in [0.2, 0.25) is 0 Å². The first-order valence-corrected chi connectivity index (χ1v) is 2.40. The first-order valence-electron chi connectivity index (χ1n) is 2.40. The van der Waals surface area contributed by atoms with Crippen molar-refractivity contribution in [3.63, 3.8) is 0 Å². The van der Waals surface area contributed by atoms with Crippen LogP contribution in [0, 0.1) is 0 Å². The van der Waals surface area contributed by atoms with Gasteiger partial charge in [-0.25, -0.2) is 9.59 Å². The number of rotatable bonds is 2. The van der Waals surface area contributed by atoms with Gasteiger partial charge in [-0.2, -0.15) is 0 Å². The molecule has 0 radical (unpaired) electrons. The van der Waals surface area contributed by atoms with Crippen LogP contribution < -0.4 is 0 Å². The van der Waals surface area contributed by atoms with E-state index in [4.69, 9.17) is 0 Å². The highest BCUT2D eigenvalue weighted by atomic mass is 16.1. The fourth-order valence-electron chi connectivity index (χ4n) is 0.266. The van der Waals surface area contributed by atoms with Crippen LogP contribution in [0.25, 0.3) is 0 Å². The van der Waals surface area contributed by atoms with E-state index in [9.17, 15) is 9.59 Å². The molecule has 0 rings (SSSR count). The molecule has 0 bridgehead atoms. The third-order valence-corrected chi connectivity index (χ3v) is 0.671. The van der Waals surface area contributed by atoms with Crippen LogP contribution in [0.1, 0.15) is 6.92 Å². The van der Waals surface area contributed by atoms with E-state index in [1.807, 2.05) is 0 Å². The van der Waals surface area contributed by atoms with E-state index in [0.29, 0.717) is 5.57 Å². The largest absolute Gasteiger partial charge is 0.234 e. The molecule has 0 aromatic rings. The predicted molar refractivity (Wildman–Crippen MR) is 34.3 cm³/mol. The molecular weight excluding hydrogens is 116 g/mol. The molecule has 0 saturated heterocycles. The molecule has 0 aromatic heterocycles. The number of hydrogen-bond donors (Lipinski definition) is 0. The van der Waals surface area contributed by atoms with Crippen LogP contribution in [-0.4, -0.2) is 11.9 Å². The zero-order valence-electron chi connectivity index (χ0n) is 5.05. The van der Waals surface area contributed by atoms with Crippen molar-refractivity contribution < 1.29 is 9.59 Å². The molecule has 46 valence electrons. The SMILES string of the molecule is CC(=C=O)C=CC=C=O. The minimum atomic E-state index is 0.460. The van der Waals surface area contributed by atoms with E-state index in [2.05, 4.69) is 0 Å². The summed E-state index contributed by atoms with van der Waals surface area (Å²) in [6.07, 6.45) is 4.10. The molecule has 0 aromatic carbocycles. The highest BCUT2D eigenvalue weighted by molar-refractivity contribution is 5.57. The molecule has 0 atom stereocenters. The van der Waals surface area contributed by atoms with Gasteiger partial charge in [-0.15, -0.1) is 0 Å². The Labute approximate surface area is 53.2 Å². The highest BCUT2D eigenvalue weighted by Gasteiger charge is 1.74. The van der Waals surface area contributed by atoms with E-state index in [0.717, 1.165) is 0 Å². The number of allylic oxidation sites excluding steroid dienone is 4. The van der Waals surface area contributed by atoms with Gasteiger partial charge in [-0.3, -0.25) is 0 Å². The minimum Gasteiger partial charge on any atom is -0.234 e. The Morgan fingerprint density at radius 3 is 2.56 bits per heavy atom. The van der Waals surface area contributed by atoms with Crippen LogP contribution >= 0.6 is 0 Å².